The van der Waals surface area contributed by atoms with Crippen molar-refractivity contribution < 1.29 is 13.6 Å². The lowest BCUT2D eigenvalue weighted by Gasteiger charge is -2.20. The van der Waals surface area contributed by atoms with Crippen LogP contribution in [-0.2, 0) is 13.0 Å². The van der Waals surface area contributed by atoms with Gasteiger partial charge in [0.1, 0.15) is 0 Å². The van der Waals surface area contributed by atoms with Gasteiger partial charge in [0, 0.05) is 42.4 Å². The molecule has 33 heavy (non-hydrogen) atoms. The number of carbonyl (C=O) groups is 1. The molecule has 0 spiro atoms. The number of hydrogen-bond acceptors (Lipinski definition) is 6. The van der Waals surface area contributed by atoms with Crippen molar-refractivity contribution in [3.05, 3.63) is 52.4 Å². The Kier molecular flexibility index (Phi) is 4.33. The van der Waals surface area contributed by atoms with Crippen LogP contribution >= 0.6 is 0 Å². The van der Waals surface area contributed by atoms with Crippen LogP contribution in [0.5, 0.6) is 0 Å². The molecule has 2 fully saturated rings. The molecule has 3 unspecified atom stereocenters. The first kappa shape index (κ1) is 20.3. The van der Waals surface area contributed by atoms with Crippen LogP contribution in [0.2, 0.25) is 0 Å². The number of halogens is 2. The van der Waals surface area contributed by atoms with Gasteiger partial charge < -0.3 is 10.2 Å². The van der Waals surface area contributed by atoms with Crippen molar-refractivity contribution in [1.82, 2.24) is 35.3 Å². The van der Waals surface area contributed by atoms with Crippen LogP contribution in [0.15, 0.2) is 18.6 Å². The maximum atomic E-state index is 13.4. The summed E-state index contributed by atoms with van der Waals surface area (Å²) in [6.45, 7) is 4.87. The zero-order chi connectivity index (χ0) is 22.9. The number of alkyl halides is 2. The molecule has 2 N–H and O–H groups in total. The van der Waals surface area contributed by atoms with Crippen LogP contribution in [-0.4, -0.2) is 54.9 Å². The number of anilines is 1. The first-order valence-corrected chi connectivity index (χ1v) is 11.1. The molecular weight excluding hydrogens is 430 g/mol. The lowest BCUT2D eigenvalue weighted by atomic mass is 10.2. The zero-order valence-corrected chi connectivity index (χ0v) is 18.3. The van der Waals surface area contributed by atoms with E-state index in [0.717, 1.165) is 35.5 Å². The number of aromatic nitrogens is 6. The zero-order valence-electron chi connectivity index (χ0n) is 18.3. The van der Waals surface area contributed by atoms with Gasteiger partial charge in [0.2, 0.25) is 5.95 Å². The highest BCUT2D eigenvalue weighted by Crippen LogP contribution is 2.59. The van der Waals surface area contributed by atoms with E-state index in [-0.39, 0.29) is 11.9 Å². The summed E-state index contributed by atoms with van der Waals surface area (Å²) in [6.07, 6.45) is 6.69. The van der Waals surface area contributed by atoms with E-state index in [4.69, 9.17) is 0 Å². The third-order valence-electron chi connectivity index (χ3n) is 7.20. The van der Waals surface area contributed by atoms with Crippen LogP contribution < -0.4 is 10.2 Å². The maximum Gasteiger partial charge on any atom is 0.258 e. The molecule has 0 aromatic carbocycles. The highest BCUT2D eigenvalue weighted by Gasteiger charge is 2.72. The molecule has 9 nitrogen and oxygen atoms in total. The lowest BCUT2D eigenvalue weighted by Crippen LogP contribution is -2.29. The Hall–Kier alpha value is -3.37. The van der Waals surface area contributed by atoms with Crippen molar-refractivity contribution in [1.29, 1.82) is 0 Å². The van der Waals surface area contributed by atoms with E-state index in [1.807, 2.05) is 18.7 Å². The SMILES string of the molecule is Cc1nc(N2CC3C(C2)C3(F)F)ncc1Cn1cc(C(=O)NC2CCc3c2n[nH]c3C)cn1. The monoisotopic (exact) mass is 454 g/mol. The average molecular weight is 454 g/mol. The van der Waals surface area contributed by atoms with E-state index in [0.29, 0.717) is 31.1 Å². The summed E-state index contributed by atoms with van der Waals surface area (Å²) in [7, 11) is 0. The second kappa shape index (κ2) is 7.06. The van der Waals surface area contributed by atoms with Gasteiger partial charge in [-0.3, -0.25) is 14.6 Å². The molecule has 1 saturated heterocycles. The van der Waals surface area contributed by atoms with E-state index < -0.39 is 17.8 Å². The summed E-state index contributed by atoms with van der Waals surface area (Å²) in [5.74, 6) is -3.35. The fraction of sp³-hybridized carbons (Fsp3) is 0.500. The number of amides is 1. The summed E-state index contributed by atoms with van der Waals surface area (Å²) in [5.41, 5.74) is 5.26. The van der Waals surface area contributed by atoms with Crippen LogP contribution in [0.4, 0.5) is 14.7 Å². The number of piperidine rings is 1. The van der Waals surface area contributed by atoms with Crippen LogP contribution in [0.1, 0.15) is 51.0 Å². The summed E-state index contributed by atoms with van der Waals surface area (Å²) in [4.78, 5) is 23.5. The first-order chi connectivity index (χ1) is 15.8. The Labute approximate surface area is 188 Å². The molecule has 3 aliphatic rings. The Morgan fingerprint density at radius 3 is 2.82 bits per heavy atom. The number of nitrogens with zero attached hydrogens (tertiary/aromatic N) is 6. The number of aromatic amines is 1. The Morgan fingerprint density at radius 2 is 2.06 bits per heavy atom. The number of fused-ring (bicyclic) bond motifs is 2. The predicted octanol–water partition coefficient (Wildman–Crippen LogP) is 2.18. The molecule has 172 valence electrons. The molecule has 0 bridgehead atoms. The number of nitrogens with one attached hydrogen (secondary N) is 2. The van der Waals surface area contributed by atoms with E-state index >= 15 is 0 Å². The van der Waals surface area contributed by atoms with E-state index in [1.54, 1.807) is 23.3 Å². The summed E-state index contributed by atoms with van der Waals surface area (Å²) in [6, 6.07) is -0.0967. The number of aryl methyl sites for hydroxylation is 2. The van der Waals surface area contributed by atoms with Gasteiger partial charge in [0.05, 0.1) is 41.9 Å². The molecule has 3 atom stereocenters. The van der Waals surface area contributed by atoms with Crippen molar-refractivity contribution in [2.75, 3.05) is 18.0 Å². The summed E-state index contributed by atoms with van der Waals surface area (Å²) < 4.78 is 28.6. The highest BCUT2D eigenvalue weighted by atomic mass is 19.3. The topological polar surface area (TPSA) is 105 Å². The van der Waals surface area contributed by atoms with Gasteiger partial charge in [0.15, 0.2) is 0 Å². The molecule has 11 heteroatoms. The molecule has 0 radical (unpaired) electrons. The van der Waals surface area contributed by atoms with Gasteiger partial charge in [-0.2, -0.15) is 10.2 Å². The normalized spacial score (nSPS) is 24.6. The quantitative estimate of drug-likeness (QED) is 0.612. The Morgan fingerprint density at radius 1 is 1.27 bits per heavy atom. The molecule has 6 rings (SSSR count). The number of carbonyl (C=O) groups excluding carboxylic acids is 1. The summed E-state index contributed by atoms with van der Waals surface area (Å²) in [5, 5.41) is 14.7. The van der Waals surface area contributed by atoms with Gasteiger partial charge in [0.25, 0.3) is 11.8 Å². The molecule has 1 aliphatic heterocycles. The molecule has 3 aromatic rings. The van der Waals surface area contributed by atoms with E-state index in [2.05, 4.69) is 30.6 Å². The molecule has 3 aromatic heterocycles. The standard InChI is InChI=1S/C22H24F2N8O/c1-11-13(5-25-21(27-11)31-9-16-17(10-31)22(16,23)24)7-32-8-14(6-26-32)20(33)28-18-4-3-15-12(2)29-30-19(15)18/h5-6,8,16-18H,3-4,7,9-10H2,1-2H3,(H,28,33)(H,29,30). The van der Waals surface area contributed by atoms with Crippen molar-refractivity contribution in [3.8, 4) is 0 Å². The average Bonchev–Trinajstić information content (AvgIpc) is 3.41. The summed E-state index contributed by atoms with van der Waals surface area (Å²) >= 11 is 0. The van der Waals surface area contributed by atoms with Crippen LogP contribution in [0.25, 0.3) is 0 Å². The van der Waals surface area contributed by atoms with Crippen molar-refractivity contribution in [2.45, 2.75) is 45.2 Å². The van der Waals surface area contributed by atoms with Gasteiger partial charge in [-0.1, -0.05) is 0 Å². The van der Waals surface area contributed by atoms with Crippen molar-refractivity contribution in [3.63, 3.8) is 0 Å². The fourth-order valence-electron chi connectivity index (χ4n) is 5.08. The van der Waals surface area contributed by atoms with Gasteiger partial charge in [-0.15, -0.1) is 0 Å². The minimum atomic E-state index is -2.52. The molecule has 2 aliphatic carbocycles. The highest BCUT2D eigenvalue weighted by molar-refractivity contribution is 5.94. The molecule has 4 heterocycles. The molecule has 1 amide bonds. The number of hydrogen-bond donors (Lipinski definition) is 2. The van der Waals surface area contributed by atoms with Crippen LogP contribution in [0.3, 0.4) is 0 Å². The lowest BCUT2D eigenvalue weighted by molar-refractivity contribution is 0.0795. The Bertz CT molecular complexity index is 1240. The molecule has 1 saturated carbocycles. The number of rotatable bonds is 5. The maximum absolute atomic E-state index is 13.4. The Balaban J connectivity index is 1.10. The van der Waals surface area contributed by atoms with E-state index in [9.17, 15) is 13.6 Å². The second-order valence-electron chi connectivity index (χ2n) is 9.28. The fourth-order valence-corrected chi connectivity index (χ4v) is 5.08. The van der Waals surface area contributed by atoms with Crippen molar-refractivity contribution >= 4 is 11.9 Å². The van der Waals surface area contributed by atoms with Gasteiger partial charge >= 0.3 is 0 Å². The second-order valence-corrected chi connectivity index (χ2v) is 9.28. The van der Waals surface area contributed by atoms with Gasteiger partial charge in [-0.25, -0.2) is 18.7 Å². The molecular formula is C22H24F2N8O. The van der Waals surface area contributed by atoms with Crippen LogP contribution in [0, 0.1) is 25.7 Å². The minimum absolute atomic E-state index is 0.0967. The largest absolute Gasteiger partial charge is 0.343 e. The minimum Gasteiger partial charge on any atom is -0.343 e. The third-order valence-corrected chi connectivity index (χ3v) is 7.20. The smallest absolute Gasteiger partial charge is 0.258 e. The first-order valence-electron chi connectivity index (χ1n) is 11.1. The number of H-pyrrole nitrogens is 1. The van der Waals surface area contributed by atoms with Crippen molar-refractivity contribution in [2.24, 2.45) is 11.8 Å². The third kappa shape index (κ3) is 3.28. The van der Waals surface area contributed by atoms with Gasteiger partial charge in [-0.05, 0) is 32.3 Å². The van der Waals surface area contributed by atoms with E-state index in [1.165, 1.54) is 5.56 Å². The predicted molar refractivity (Wildman–Crippen MR) is 114 cm³/mol.